The van der Waals surface area contributed by atoms with Gasteiger partial charge in [0, 0.05) is 29.9 Å². The van der Waals surface area contributed by atoms with E-state index in [1.807, 2.05) is 0 Å². The van der Waals surface area contributed by atoms with Crippen molar-refractivity contribution in [3.63, 3.8) is 0 Å². The fraction of sp³-hybridized carbons (Fsp3) is 0.583. The number of alkyl halides is 4. The number of hydrogen-bond donors (Lipinski definition) is 1. The van der Waals surface area contributed by atoms with Gasteiger partial charge in [-0.25, -0.2) is 4.39 Å². The van der Waals surface area contributed by atoms with Crippen molar-refractivity contribution < 1.29 is 17.6 Å². The molecule has 0 saturated carbocycles. The van der Waals surface area contributed by atoms with Crippen molar-refractivity contribution in [1.29, 1.82) is 0 Å². The Morgan fingerprint density at radius 2 is 1.67 bits per heavy atom. The molecule has 18 heavy (non-hydrogen) atoms. The largest absolute Gasteiger partial charge is 0.416 e. The zero-order valence-corrected chi connectivity index (χ0v) is 10.5. The molecule has 2 N–H and O–H groups in total. The summed E-state index contributed by atoms with van der Waals surface area (Å²) >= 11 is 0. The van der Waals surface area contributed by atoms with E-state index in [-0.39, 0.29) is 0 Å². The normalized spacial score (nSPS) is 16.4. The van der Waals surface area contributed by atoms with E-state index in [0.717, 1.165) is 18.5 Å². The summed E-state index contributed by atoms with van der Waals surface area (Å²) in [5.41, 5.74) is 0.483. The molecule has 0 aromatic carbocycles. The molecule has 0 aliphatic carbocycles. The summed E-state index contributed by atoms with van der Waals surface area (Å²) in [5.74, 6) is 0. The molecule has 1 aromatic rings. The first kappa shape index (κ1) is 14.9. The number of nitrogens with two attached hydrogens (primary N) is 1. The quantitative estimate of drug-likeness (QED) is 0.833. The minimum absolute atomic E-state index is 0.507. The van der Waals surface area contributed by atoms with E-state index in [0.29, 0.717) is 0 Å². The van der Waals surface area contributed by atoms with Crippen molar-refractivity contribution in [2.75, 3.05) is 6.54 Å². The number of hydrogen-bond acceptors (Lipinski definition) is 2. The summed E-state index contributed by atoms with van der Waals surface area (Å²) in [6, 6.07) is 0.769. The molecule has 1 heterocycles. The lowest BCUT2D eigenvalue weighted by Gasteiger charge is -2.38. The Morgan fingerprint density at radius 3 is 2.06 bits per heavy atom. The molecule has 6 heteroatoms. The highest BCUT2D eigenvalue weighted by molar-refractivity contribution is 5.33. The van der Waals surface area contributed by atoms with Gasteiger partial charge in [-0.1, -0.05) is 20.8 Å². The van der Waals surface area contributed by atoms with Gasteiger partial charge in [0.05, 0.1) is 5.56 Å². The topological polar surface area (TPSA) is 38.9 Å². The average Bonchev–Trinajstić information content (AvgIpc) is 2.25. The smallest absolute Gasteiger partial charge is 0.327 e. The second-order valence-electron chi connectivity index (χ2n) is 5.17. The van der Waals surface area contributed by atoms with Gasteiger partial charge in [-0.15, -0.1) is 0 Å². The predicted molar refractivity (Wildman–Crippen MR) is 60.5 cm³/mol. The van der Waals surface area contributed by atoms with Crippen LogP contribution in [-0.2, 0) is 11.8 Å². The van der Waals surface area contributed by atoms with Crippen LogP contribution in [0, 0.1) is 5.41 Å². The lowest BCUT2D eigenvalue weighted by molar-refractivity contribution is -0.140. The van der Waals surface area contributed by atoms with Crippen LogP contribution in [0.25, 0.3) is 0 Å². The molecule has 0 fully saturated rings. The van der Waals surface area contributed by atoms with Crippen molar-refractivity contribution in [3.8, 4) is 0 Å². The van der Waals surface area contributed by atoms with Gasteiger partial charge >= 0.3 is 6.18 Å². The molecule has 0 bridgehead atoms. The highest BCUT2D eigenvalue weighted by Crippen LogP contribution is 2.46. The first-order valence-corrected chi connectivity index (χ1v) is 5.44. The molecule has 0 aliphatic rings. The summed E-state index contributed by atoms with van der Waals surface area (Å²) in [4.78, 5) is 3.59. The van der Waals surface area contributed by atoms with Gasteiger partial charge in [0.2, 0.25) is 0 Å². The Morgan fingerprint density at radius 1 is 1.11 bits per heavy atom. The fourth-order valence-corrected chi connectivity index (χ4v) is 1.78. The first-order valence-electron chi connectivity index (χ1n) is 5.44. The van der Waals surface area contributed by atoms with Crippen molar-refractivity contribution in [2.24, 2.45) is 11.1 Å². The monoisotopic (exact) mass is 264 g/mol. The molecule has 1 rings (SSSR count). The van der Waals surface area contributed by atoms with Crippen LogP contribution in [0.5, 0.6) is 0 Å². The van der Waals surface area contributed by atoms with Gasteiger partial charge in [0.15, 0.2) is 5.67 Å². The Bertz CT molecular complexity index is 423. The van der Waals surface area contributed by atoms with Crippen molar-refractivity contribution >= 4 is 0 Å². The van der Waals surface area contributed by atoms with Gasteiger partial charge in [0.25, 0.3) is 0 Å². The highest BCUT2D eigenvalue weighted by atomic mass is 19.4. The summed E-state index contributed by atoms with van der Waals surface area (Å²) < 4.78 is 53.5. The third kappa shape index (κ3) is 2.48. The molecule has 1 unspecified atom stereocenters. The van der Waals surface area contributed by atoms with E-state index in [1.165, 1.54) is 20.8 Å². The van der Waals surface area contributed by atoms with Crippen molar-refractivity contribution in [2.45, 2.75) is 32.6 Å². The molecule has 0 amide bonds. The van der Waals surface area contributed by atoms with Gasteiger partial charge < -0.3 is 5.73 Å². The van der Waals surface area contributed by atoms with Gasteiger partial charge in [-0.05, 0) is 6.07 Å². The Labute approximate surface area is 103 Å². The maximum atomic E-state index is 14.9. The highest BCUT2D eigenvalue weighted by Gasteiger charge is 2.48. The van der Waals surface area contributed by atoms with E-state index < -0.39 is 34.9 Å². The maximum Gasteiger partial charge on any atom is 0.416 e. The average molecular weight is 264 g/mol. The van der Waals surface area contributed by atoms with Crippen LogP contribution in [0.2, 0.25) is 0 Å². The SMILES string of the molecule is CC(C)(C)C(F)(CN)c1cnccc1C(F)(F)F. The summed E-state index contributed by atoms with van der Waals surface area (Å²) in [6.07, 6.45) is -2.73. The molecule has 0 aliphatic heterocycles. The minimum atomic E-state index is -4.63. The van der Waals surface area contributed by atoms with Crippen LogP contribution in [0.15, 0.2) is 18.5 Å². The predicted octanol–water partition coefficient (Wildman–Crippen LogP) is 3.27. The van der Waals surface area contributed by atoms with Crippen LogP contribution in [-0.4, -0.2) is 11.5 Å². The number of pyridine rings is 1. The number of halogens is 4. The standard InChI is InChI=1S/C12H16F4N2/c1-10(2,3)11(13,7-17)9-6-18-5-4-8(9)12(14,15)16/h4-6H,7,17H2,1-3H3. The number of nitrogens with zero attached hydrogens (tertiary/aromatic N) is 1. The molecular formula is C12H16F4N2. The lowest BCUT2D eigenvalue weighted by atomic mass is 9.73. The second-order valence-corrected chi connectivity index (χ2v) is 5.17. The third-order valence-corrected chi connectivity index (χ3v) is 3.02. The van der Waals surface area contributed by atoms with Crippen LogP contribution in [0.4, 0.5) is 17.6 Å². The Balaban J connectivity index is 3.50. The van der Waals surface area contributed by atoms with Crippen LogP contribution >= 0.6 is 0 Å². The maximum absolute atomic E-state index is 14.9. The summed E-state index contributed by atoms with van der Waals surface area (Å²) in [5, 5.41) is 0. The second kappa shape index (κ2) is 4.50. The lowest BCUT2D eigenvalue weighted by Crippen LogP contribution is -2.44. The molecule has 1 aromatic heterocycles. The minimum Gasteiger partial charge on any atom is -0.327 e. The van der Waals surface area contributed by atoms with E-state index in [4.69, 9.17) is 5.73 Å². The fourth-order valence-electron chi connectivity index (χ4n) is 1.78. The van der Waals surface area contributed by atoms with Crippen LogP contribution in [0.3, 0.4) is 0 Å². The van der Waals surface area contributed by atoms with E-state index in [2.05, 4.69) is 4.98 Å². The van der Waals surface area contributed by atoms with Gasteiger partial charge in [-0.2, -0.15) is 13.2 Å². The first-order chi connectivity index (χ1) is 8.04. The molecule has 0 spiro atoms. The summed E-state index contributed by atoms with van der Waals surface area (Å²) in [6.45, 7) is 3.98. The third-order valence-electron chi connectivity index (χ3n) is 3.02. The van der Waals surface area contributed by atoms with E-state index in [1.54, 1.807) is 0 Å². The molecule has 2 nitrogen and oxygen atoms in total. The van der Waals surface area contributed by atoms with Crippen molar-refractivity contribution in [3.05, 3.63) is 29.6 Å². The molecule has 1 atom stereocenters. The molecule has 0 saturated heterocycles. The molecule has 102 valence electrons. The molecule has 0 radical (unpaired) electrons. The zero-order chi connectivity index (χ0) is 14.2. The Kier molecular flexibility index (Phi) is 3.72. The summed E-state index contributed by atoms with van der Waals surface area (Å²) in [7, 11) is 0. The van der Waals surface area contributed by atoms with Gasteiger partial charge in [-0.3, -0.25) is 4.98 Å². The molecular weight excluding hydrogens is 248 g/mol. The number of rotatable bonds is 2. The van der Waals surface area contributed by atoms with E-state index >= 15 is 0 Å². The van der Waals surface area contributed by atoms with Crippen LogP contribution in [0.1, 0.15) is 31.9 Å². The van der Waals surface area contributed by atoms with Crippen molar-refractivity contribution in [1.82, 2.24) is 4.98 Å². The van der Waals surface area contributed by atoms with Crippen LogP contribution < -0.4 is 5.73 Å². The van der Waals surface area contributed by atoms with Gasteiger partial charge in [0.1, 0.15) is 0 Å². The number of aromatic nitrogens is 1. The van der Waals surface area contributed by atoms with E-state index in [9.17, 15) is 17.6 Å². The Hall–Kier alpha value is -1.17. The zero-order valence-electron chi connectivity index (χ0n) is 10.5.